The van der Waals surface area contributed by atoms with E-state index in [4.69, 9.17) is 5.73 Å². The van der Waals surface area contributed by atoms with Crippen LogP contribution in [0.25, 0.3) is 21.8 Å². The van der Waals surface area contributed by atoms with Crippen LogP contribution in [0.15, 0.2) is 60.9 Å². The Morgan fingerprint density at radius 1 is 0.654 bits per heavy atom. The maximum Gasteiger partial charge on any atom is 0.245 e. The van der Waals surface area contributed by atoms with Crippen LogP contribution in [-0.2, 0) is 46.4 Å². The van der Waals surface area contributed by atoms with Crippen LogP contribution in [0.5, 0.6) is 0 Å². The number of primary amides is 1. The highest BCUT2D eigenvalue weighted by Crippen LogP contribution is 2.21. The number of hydrogen-bond donors (Lipinski definition) is 10. The predicted molar refractivity (Wildman–Crippen MR) is 190 cm³/mol. The number of hydrogen-bond acceptors (Lipinski definition) is 8. The van der Waals surface area contributed by atoms with E-state index in [9.17, 15) is 38.7 Å². The summed E-state index contributed by atoms with van der Waals surface area (Å²) in [7, 11) is 0. The number of H-pyrrole nitrogens is 2. The van der Waals surface area contributed by atoms with Crippen molar-refractivity contribution in [3.05, 3.63) is 72.1 Å². The van der Waals surface area contributed by atoms with E-state index in [1.54, 1.807) is 12.4 Å². The van der Waals surface area contributed by atoms with Gasteiger partial charge in [-0.2, -0.15) is 0 Å². The number of aliphatic hydroxyl groups excluding tert-OH is 1. The Bertz CT molecular complexity index is 1950. The number of rotatable bonds is 17. The van der Waals surface area contributed by atoms with Gasteiger partial charge in [-0.05, 0) is 37.1 Å². The van der Waals surface area contributed by atoms with Gasteiger partial charge in [0.15, 0.2) is 0 Å². The summed E-state index contributed by atoms with van der Waals surface area (Å²) in [6.45, 7) is 2.69. The van der Waals surface area contributed by atoms with Gasteiger partial charge in [0.1, 0.15) is 30.2 Å². The summed E-state index contributed by atoms with van der Waals surface area (Å²) in [5.41, 5.74) is 8.39. The fourth-order valence-electron chi connectivity index (χ4n) is 5.50. The van der Waals surface area contributed by atoms with E-state index >= 15 is 0 Å². The first-order valence-electron chi connectivity index (χ1n) is 16.5. The molecule has 0 aliphatic heterocycles. The first-order chi connectivity index (χ1) is 24.8. The van der Waals surface area contributed by atoms with Gasteiger partial charge < -0.3 is 52.7 Å². The molecule has 0 saturated carbocycles. The molecule has 17 heteroatoms. The van der Waals surface area contributed by atoms with E-state index < -0.39 is 84.7 Å². The minimum absolute atomic E-state index is 0.0108. The zero-order valence-corrected chi connectivity index (χ0v) is 28.9. The van der Waals surface area contributed by atoms with Gasteiger partial charge >= 0.3 is 0 Å². The zero-order valence-electron chi connectivity index (χ0n) is 28.9. The van der Waals surface area contributed by atoms with Crippen molar-refractivity contribution < 1.29 is 38.7 Å². The van der Waals surface area contributed by atoms with Crippen LogP contribution in [0.4, 0.5) is 0 Å². The number of nitrogens with one attached hydrogen (secondary N) is 8. The third-order valence-electron chi connectivity index (χ3n) is 8.32. The number of nitrogens with two attached hydrogens (primary N) is 1. The van der Waals surface area contributed by atoms with E-state index in [0.29, 0.717) is 11.1 Å². The minimum atomic E-state index is -1.27. The first-order valence-corrected chi connectivity index (χ1v) is 16.5. The average Bonchev–Trinajstić information content (AvgIpc) is 3.72. The molecule has 7 amide bonds. The van der Waals surface area contributed by atoms with E-state index in [1.165, 1.54) is 13.8 Å². The molecular weight excluding hydrogens is 674 g/mol. The van der Waals surface area contributed by atoms with E-state index in [2.05, 4.69) is 41.9 Å². The van der Waals surface area contributed by atoms with E-state index in [-0.39, 0.29) is 12.8 Å². The molecule has 2 aromatic carbocycles. The summed E-state index contributed by atoms with van der Waals surface area (Å²) in [5.74, 6) is -5.03. The third kappa shape index (κ3) is 10.2. The number of para-hydroxylation sites is 2. The van der Waals surface area contributed by atoms with Gasteiger partial charge in [-0.3, -0.25) is 33.6 Å². The lowest BCUT2D eigenvalue weighted by molar-refractivity contribution is -0.134. The third-order valence-corrected chi connectivity index (χ3v) is 8.32. The molecule has 0 bridgehead atoms. The second-order valence-electron chi connectivity index (χ2n) is 12.3. The smallest absolute Gasteiger partial charge is 0.245 e. The van der Waals surface area contributed by atoms with Gasteiger partial charge in [-0.15, -0.1) is 0 Å². The van der Waals surface area contributed by atoms with Gasteiger partial charge in [0.05, 0.1) is 13.2 Å². The lowest BCUT2D eigenvalue weighted by atomic mass is 10.0. The Balaban J connectivity index is 1.53. The average molecular weight is 718 g/mol. The highest BCUT2D eigenvalue weighted by atomic mass is 16.3. The van der Waals surface area contributed by atoms with Crippen LogP contribution in [0, 0.1) is 0 Å². The maximum atomic E-state index is 14.1. The summed E-state index contributed by atoms with van der Waals surface area (Å²) in [6, 6.07) is 8.83. The number of carbonyl (C=O) groups is 7. The maximum absolute atomic E-state index is 14.1. The molecule has 0 aliphatic rings. The fourth-order valence-corrected chi connectivity index (χ4v) is 5.50. The second kappa shape index (κ2) is 17.6. The lowest BCUT2D eigenvalue weighted by Crippen LogP contribution is -2.58. The quantitative estimate of drug-likeness (QED) is 0.0613. The summed E-state index contributed by atoms with van der Waals surface area (Å²) in [5, 5.41) is 25.9. The minimum Gasteiger partial charge on any atom is -0.394 e. The SMILES string of the molecule is CC(=O)N[C@@H](CO)C(=O)NCC(=O)N[C@@H](C)C(=O)N[C@@H](Cc1c[nH]c2ccccc12)C(=O)N[C@@H](Cc1c[nH]c2ccccc12)C(=O)N[C@@H](C)C(N)=O. The number of amides is 7. The first kappa shape index (κ1) is 38.6. The molecular formula is C35H43N9O8. The summed E-state index contributed by atoms with van der Waals surface area (Å²) in [6.07, 6.45) is 3.44. The number of fused-ring (bicyclic) bond motifs is 2. The largest absolute Gasteiger partial charge is 0.394 e. The molecule has 4 aromatic rings. The Morgan fingerprint density at radius 2 is 1.15 bits per heavy atom. The predicted octanol–water partition coefficient (Wildman–Crippen LogP) is -1.49. The molecule has 0 unspecified atom stereocenters. The van der Waals surface area contributed by atoms with Gasteiger partial charge in [-0.1, -0.05) is 36.4 Å². The number of aliphatic hydroxyl groups is 1. The topological polar surface area (TPSA) is 270 Å². The molecule has 2 heterocycles. The van der Waals surface area contributed by atoms with Crippen LogP contribution in [-0.4, -0.2) is 99.8 Å². The van der Waals surface area contributed by atoms with Gasteiger partial charge in [-0.25, -0.2) is 0 Å². The monoisotopic (exact) mass is 717 g/mol. The van der Waals surface area contributed by atoms with Crippen molar-refractivity contribution in [1.82, 2.24) is 41.9 Å². The Labute approximate surface area is 298 Å². The molecule has 0 radical (unpaired) electrons. The molecule has 52 heavy (non-hydrogen) atoms. The molecule has 0 spiro atoms. The van der Waals surface area contributed by atoms with Crippen molar-refractivity contribution in [2.75, 3.05) is 13.2 Å². The summed E-state index contributed by atoms with van der Waals surface area (Å²) in [4.78, 5) is 95.1. The molecule has 276 valence electrons. The lowest BCUT2D eigenvalue weighted by Gasteiger charge is -2.25. The molecule has 4 rings (SSSR count). The van der Waals surface area contributed by atoms with Crippen molar-refractivity contribution in [2.45, 2.75) is 63.8 Å². The van der Waals surface area contributed by atoms with Crippen molar-refractivity contribution in [1.29, 1.82) is 0 Å². The molecule has 2 aromatic heterocycles. The highest BCUT2D eigenvalue weighted by molar-refractivity contribution is 5.97. The van der Waals surface area contributed by atoms with Crippen LogP contribution in [0.2, 0.25) is 0 Å². The van der Waals surface area contributed by atoms with Crippen LogP contribution in [0.3, 0.4) is 0 Å². The molecule has 17 nitrogen and oxygen atoms in total. The van der Waals surface area contributed by atoms with E-state index in [0.717, 1.165) is 28.7 Å². The molecule has 5 atom stereocenters. The Morgan fingerprint density at radius 3 is 1.65 bits per heavy atom. The number of aromatic amines is 2. The van der Waals surface area contributed by atoms with Crippen molar-refractivity contribution >= 4 is 63.2 Å². The normalized spacial score (nSPS) is 13.9. The number of benzene rings is 2. The van der Waals surface area contributed by atoms with Gasteiger partial charge in [0.2, 0.25) is 41.4 Å². The number of carbonyl (C=O) groups excluding carboxylic acids is 7. The fraction of sp³-hybridized carbons (Fsp3) is 0.343. The van der Waals surface area contributed by atoms with Crippen molar-refractivity contribution in [3.63, 3.8) is 0 Å². The molecule has 0 fully saturated rings. The molecule has 0 saturated heterocycles. The highest BCUT2D eigenvalue weighted by Gasteiger charge is 2.31. The van der Waals surface area contributed by atoms with Crippen LogP contribution in [0.1, 0.15) is 31.9 Å². The Hall–Kier alpha value is -6.23. The summed E-state index contributed by atoms with van der Waals surface area (Å²) >= 11 is 0. The number of aromatic nitrogens is 2. The standard InChI is InChI=1S/C35H43N9O8/c1-18(31(36)48)41-34(51)27(12-21-14-37-25-10-6-4-8-23(21)25)44-35(52)28(13-22-15-38-26-11-7-5-9-24(22)26)43-32(49)19(2)40-30(47)16-39-33(50)29(17-45)42-20(3)46/h4-11,14-15,18-19,27-29,37-38,45H,12-13,16-17H2,1-3H3,(H2,36,48)(H,39,50)(H,40,47)(H,41,51)(H,42,46)(H,43,49)(H,44,52)/t18-,19-,27-,28-,29-/m0/s1. The van der Waals surface area contributed by atoms with Crippen molar-refractivity contribution in [3.8, 4) is 0 Å². The summed E-state index contributed by atoms with van der Waals surface area (Å²) < 4.78 is 0. The van der Waals surface area contributed by atoms with Crippen LogP contribution < -0.4 is 37.6 Å². The molecule has 11 N–H and O–H groups in total. The second-order valence-corrected chi connectivity index (χ2v) is 12.3. The van der Waals surface area contributed by atoms with E-state index in [1.807, 2.05) is 48.5 Å². The zero-order chi connectivity index (χ0) is 37.9. The molecule has 0 aliphatic carbocycles. The van der Waals surface area contributed by atoms with Gasteiger partial charge in [0.25, 0.3) is 0 Å². The Kier molecular flexibility index (Phi) is 13.1. The van der Waals surface area contributed by atoms with Gasteiger partial charge in [0, 0.05) is 54.0 Å². The van der Waals surface area contributed by atoms with Crippen molar-refractivity contribution in [2.24, 2.45) is 5.73 Å². The van der Waals surface area contributed by atoms with Crippen LogP contribution >= 0.6 is 0 Å².